The van der Waals surface area contributed by atoms with Crippen LogP contribution in [0.25, 0.3) is 10.8 Å². The maximum Gasteiger partial charge on any atom is 0.217 e. The summed E-state index contributed by atoms with van der Waals surface area (Å²) in [6.07, 6.45) is 11.1. The van der Waals surface area contributed by atoms with Crippen LogP contribution in [-0.4, -0.2) is 26.6 Å². The van der Waals surface area contributed by atoms with Crippen molar-refractivity contribution in [2.75, 3.05) is 10.6 Å². The van der Waals surface area contributed by atoms with Gasteiger partial charge in [-0.25, -0.2) is 0 Å². The van der Waals surface area contributed by atoms with Crippen LogP contribution in [0.1, 0.15) is 12.8 Å². The second kappa shape index (κ2) is 8.56. The monoisotopic (exact) mass is 438 g/mol. The molecule has 0 aromatic heterocycles. The molecule has 0 atom stereocenters. The summed E-state index contributed by atoms with van der Waals surface area (Å²) >= 11 is 0. The first-order valence-corrected chi connectivity index (χ1v) is 11.4. The number of rotatable bonds is 4. The molecule has 2 aromatic rings. The molecule has 6 nitrogen and oxygen atoms in total. The summed E-state index contributed by atoms with van der Waals surface area (Å²) in [6, 6.07) is 11.9. The average Bonchev–Trinajstić information content (AvgIpc) is 2.75. The number of benzene rings is 2. The van der Waals surface area contributed by atoms with Crippen molar-refractivity contribution in [3.63, 3.8) is 0 Å². The van der Waals surface area contributed by atoms with Crippen LogP contribution in [0.5, 0.6) is 0 Å². The molecule has 152 valence electrons. The molecule has 2 aliphatic carbocycles. The SMILES string of the molecule is O=S(=O)=C1C=CC(Nc2cccc3c(NC4=CCC(=S(=O)=O)C=C4)cccc23)=CC1. The van der Waals surface area contributed by atoms with Gasteiger partial charge in [0.25, 0.3) is 0 Å². The van der Waals surface area contributed by atoms with Crippen LogP contribution in [0.3, 0.4) is 0 Å². The number of anilines is 2. The van der Waals surface area contributed by atoms with Gasteiger partial charge in [0, 0.05) is 46.4 Å². The first-order valence-electron chi connectivity index (χ1n) is 9.24. The van der Waals surface area contributed by atoms with Crippen LogP contribution < -0.4 is 10.6 Å². The van der Waals surface area contributed by atoms with Gasteiger partial charge in [-0.15, -0.1) is 0 Å². The number of fused-ring (bicyclic) bond motifs is 1. The van der Waals surface area contributed by atoms with E-state index in [4.69, 9.17) is 0 Å². The zero-order valence-corrected chi connectivity index (χ0v) is 17.4. The largest absolute Gasteiger partial charge is 0.355 e. The second-order valence-electron chi connectivity index (χ2n) is 6.75. The lowest BCUT2D eigenvalue weighted by molar-refractivity contribution is 0.625. The zero-order chi connectivity index (χ0) is 21.1. The van der Waals surface area contributed by atoms with Crippen LogP contribution in [0.15, 0.2) is 84.2 Å². The lowest BCUT2D eigenvalue weighted by atomic mass is 10.0. The quantitative estimate of drug-likeness (QED) is 0.711. The summed E-state index contributed by atoms with van der Waals surface area (Å²) in [7, 11) is -4.39. The standard InChI is InChI=1S/C22H18N2O4S2/c25-29(26)17-11-7-15(8-12-17)23-21-5-1-3-19-20(21)4-2-6-22(19)24-16-9-13-18(14-10-16)30(27)28/h1-11,13,23-24H,12,14H2. The van der Waals surface area contributed by atoms with E-state index in [-0.39, 0.29) is 0 Å². The maximum absolute atomic E-state index is 11.1. The summed E-state index contributed by atoms with van der Waals surface area (Å²) < 4.78 is 44.2. The molecule has 2 aliphatic rings. The molecule has 2 N–H and O–H groups in total. The van der Waals surface area contributed by atoms with E-state index in [9.17, 15) is 16.8 Å². The fraction of sp³-hybridized carbons (Fsp3) is 0.0909. The molecule has 0 radical (unpaired) electrons. The predicted octanol–water partition coefficient (Wildman–Crippen LogP) is 3.45. The zero-order valence-electron chi connectivity index (χ0n) is 15.8. The van der Waals surface area contributed by atoms with Crippen molar-refractivity contribution in [1.82, 2.24) is 0 Å². The average molecular weight is 439 g/mol. The van der Waals surface area contributed by atoms with Crippen molar-refractivity contribution in [3.05, 3.63) is 84.2 Å². The van der Waals surface area contributed by atoms with Gasteiger partial charge in [0.1, 0.15) is 0 Å². The molecule has 4 rings (SSSR count). The van der Waals surface area contributed by atoms with Crippen LogP contribution in [0.4, 0.5) is 11.4 Å². The topological polar surface area (TPSA) is 92.3 Å². The maximum atomic E-state index is 11.1. The highest BCUT2D eigenvalue weighted by molar-refractivity contribution is 7.73. The van der Waals surface area contributed by atoms with E-state index in [1.807, 2.05) is 48.6 Å². The van der Waals surface area contributed by atoms with Gasteiger partial charge in [0.15, 0.2) is 0 Å². The number of nitrogens with one attached hydrogen (secondary N) is 2. The minimum atomic E-state index is -2.20. The highest BCUT2D eigenvalue weighted by Crippen LogP contribution is 2.31. The predicted molar refractivity (Wildman–Crippen MR) is 123 cm³/mol. The van der Waals surface area contributed by atoms with Crippen molar-refractivity contribution in [2.45, 2.75) is 12.8 Å². The summed E-state index contributed by atoms with van der Waals surface area (Å²) in [5.41, 5.74) is 3.48. The van der Waals surface area contributed by atoms with Gasteiger partial charge in [0.05, 0.1) is 9.73 Å². The Kier molecular flexibility index (Phi) is 5.69. The fourth-order valence-corrected chi connectivity index (χ4v) is 4.13. The highest BCUT2D eigenvalue weighted by Gasteiger charge is 2.10. The van der Waals surface area contributed by atoms with Gasteiger partial charge in [-0.3, -0.25) is 0 Å². The smallest absolute Gasteiger partial charge is 0.217 e. The summed E-state index contributed by atoms with van der Waals surface area (Å²) in [5, 5.41) is 8.74. The Morgan fingerprint density at radius 2 is 1.03 bits per heavy atom. The summed E-state index contributed by atoms with van der Waals surface area (Å²) in [5.74, 6) is 0. The van der Waals surface area contributed by atoms with Gasteiger partial charge in [-0.1, -0.05) is 36.4 Å². The molecule has 30 heavy (non-hydrogen) atoms. The fourth-order valence-electron chi connectivity index (χ4n) is 3.33. The highest BCUT2D eigenvalue weighted by atomic mass is 32.2. The van der Waals surface area contributed by atoms with Crippen molar-refractivity contribution in [3.8, 4) is 0 Å². The Bertz CT molecular complexity index is 1310. The van der Waals surface area contributed by atoms with Gasteiger partial charge in [-0.2, -0.15) is 16.8 Å². The Morgan fingerprint density at radius 3 is 1.37 bits per heavy atom. The summed E-state index contributed by atoms with van der Waals surface area (Å²) in [4.78, 5) is 0.722. The minimum Gasteiger partial charge on any atom is -0.355 e. The molecular formula is C22H18N2O4S2. The molecule has 0 amide bonds. The van der Waals surface area contributed by atoms with Crippen LogP contribution in [0, 0.1) is 0 Å². The van der Waals surface area contributed by atoms with Crippen molar-refractivity contribution < 1.29 is 16.8 Å². The molecule has 0 fully saturated rings. The molecule has 0 bridgehead atoms. The normalized spacial score (nSPS) is 15.6. The van der Waals surface area contributed by atoms with Gasteiger partial charge in [-0.05, 0) is 36.4 Å². The summed E-state index contributed by atoms with van der Waals surface area (Å²) in [6.45, 7) is 0. The third kappa shape index (κ3) is 4.29. The minimum absolute atomic E-state index is 0.361. The number of allylic oxidation sites excluding steroid dienone is 6. The second-order valence-corrected chi connectivity index (χ2v) is 8.74. The lowest BCUT2D eigenvalue weighted by Gasteiger charge is -2.16. The first-order chi connectivity index (χ1) is 14.5. The van der Waals surface area contributed by atoms with E-state index in [0.29, 0.717) is 22.6 Å². The first kappa shape index (κ1) is 19.9. The van der Waals surface area contributed by atoms with Crippen LogP contribution in [0.2, 0.25) is 0 Å². The van der Waals surface area contributed by atoms with Gasteiger partial charge in [0.2, 0.25) is 20.6 Å². The Balaban J connectivity index is 1.61. The number of hydrogen-bond donors (Lipinski definition) is 2. The molecule has 2 aromatic carbocycles. The molecule has 0 heterocycles. The van der Waals surface area contributed by atoms with E-state index >= 15 is 0 Å². The van der Waals surface area contributed by atoms with Crippen LogP contribution >= 0.6 is 0 Å². The van der Waals surface area contributed by atoms with Crippen LogP contribution in [-0.2, 0) is 20.6 Å². The lowest BCUT2D eigenvalue weighted by Crippen LogP contribution is -2.06. The molecule has 0 spiro atoms. The molecule has 0 aliphatic heterocycles. The van der Waals surface area contributed by atoms with E-state index in [1.165, 1.54) is 0 Å². The van der Waals surface area contributed by atoms with E-state index in [0.717, 1.165) is 33.5 Å². The van der Waals surface area contributed by atoms with Crippen molar-refractivity contribution in [2.24, 2.45) is 0 Å². The molecule has 0 saturated carbocycles. The Labute approximate surface area is 177 Å². The molecular weight excluding hydrogens is 420 g/mol. The van der Waals surface area contributed by atoms with Crippen molar-refractivity contribution in [1.29, 1.82) is 0 Å². The van der Waals surface area contributed by atoms with E-state index < -0.39 is 20.6 Å². The molecule has 0 unspecified atom stereocenters. The molecule has 0 saturated heterocycles. The van der Waals surface area contributed by atoms with Crippen molar-refractivity contribution >= 4 is 52.5 Å². The van der Waals surface area contributed by atoms with Gasteiger partial charge >= 0.3 is 0 Å². The Morgan fingerprint density at radius 1 is 0.600 bits per heavy atom. The third-order valence-corrected chi connectivity index (χ3v) is 6.31. The van der Waals surface area contributed by atoms with Gasteiger partial charge < -0.3 is 10.6 Å². The Hall–Kier alpha value is -3.36. The third-order valence-electron chi connectivity index (χ3n) is 4.85. The van der Waals surface area contributed by atoms with E-state index in [2.05, 4.69) is 10.6 Å². The molecule has 8 heteroatoms. The van der Waals surface area contributed by atoms with E-state index in [1.54, 1.807) is 24.3 Å². The number of hydrogen-bond acceptors (Lipinski definition) is 6.